The molecule has 1 aliphatic rings. The van der Waals surface area contributed by atoms with Gasteiger partial charge >= 0.3 is 17.9 Å². The predicted molar refractivity (Wildman–Crippen MR) is 50.1 cm³/mol. The van der Waals surface area contributed by atoms with Crippen LogP contribution >= 0.6 is 0 Å². The summed E-state index contributed by atoms with van der Waals surface area (Å²) in [4.78, 5) is 15.5. The molecule has 2 heterocycles. The van der Waals surface area contributed by atoms with Crippen LogP contribution in [0.25, 0.3) is 11.0 Å². The Labute approximate surface area is 95.3 Å². The SMILES string of the molecule is O=c1[nH]c2cc3c(cc2[nH]1)OC(F)(F)C(F)(F)O3. The van der Waals surface area contributed by atoms with Gasteiger partial charge in [-0.3, -0.25) is 0 Å². The maximum absolute atomic E-state index is 12.9. The van der Waals surface area contributed by atoms with E-state index in [1.54, 1.807) is 0 Å². The summed E-state index contributed by atoms with van der Waals surface area (Å²) in [6.07, 6.45) is -9.55. The zero-order valence-electron chi connectivity index (χ0n) is 8.39. The van der Waals surface area contributed by atoms with Crippen molar-refractivity contribution in [1.82, 2.24) is 9.97 Å². The van der Waals surface area contributed by atoms with Crippen molar-refractivity contribution in [3.8, 4) is 11.5 Å². The van der Waals surface area contributed by atoms with Crippen LogP contribution in [0.1, 0.15) is 0 Å². The molecule has 9 heteroatoms. The molecule has 1 aromatic carbocycles. The molecule has 0 saturated heterocycles. The molecule has 1 aromatic heterocycles. The number of nitrogens with one attached hydrogen (secondary N) is 2. The molecule has 3 rings (SSSR count). The van der Waals surface area contributed by atoms with E-state index in [1.807, 2.05) is 0 Å². The van der Waals surface area contributed by atoms with E-state index in [2.05, 4.69) is 19.4 Å². The third kappa shape index (κ3) is 1.36. The summed E-state index contributed by atoms with van der Waals surface area (Å²) < 4.78 is 59.4. The van der Waals surface area contributed by atoms with E-state index in [0.717, 1.165) is 12.1 Å². The first-order valence-corrected chi connectivity index (χ1v) is 4.68. The molecule has 0 radical (unpaired) electrons. The lowest BCUT2D eigenvalue weighted by molar-refractivity contribution is -0.391. The summed E-state index contributed by atoms with van der Waals surface area (Å²) in [5, 5.41) is 0. The smallest absolute Gasteiger partial charge is 0.421 e. The quantitative estimate of drug-likeness (QED) is 0.713. The molecule has 2 aromatic rings. The molecular formula is C9H4F4N2O3. The maximum Gasteiger partial charge on any atom is 0.507 e. The summed E-state index contributed by atoms with van der Waals surface area (Å²) in [6, 6.07) is 1.96. The molecule has 1 aliphatic heterocycles. The normalized spacial score (nSPS) is 20.0. The molecular weight excluding hydrogens is 260 g/mol. The Hall–Kier alpha value is -2.19. The van der Waals surface area contributed by atoms with Gasteiger partial charge in [-0.1, -0.05) is 0 Å². The van der Waals surface area contributed by atoms with Gasteiger partial charge in [-0.25, -0.2) is 4.79 Å². The maximum atomic E-state index is 12.9. The van der Waals surface area contributed by atoms with Crippen molar-refractivity contribution >= 4 is 11.0 Å². The van der Waals surface area contributed by atoms with Gasteiger partial charge in [-0.2, -0.15) is 17.6 Å². The molecule has 0 amide bonds. The number of hydrogen-bond acceptors (Lipinski definition) is 3. The molecule has 0 aliphatic carbocycles. The summed E-state index contributed by atoms with van der Waals surface area (Å²) in [5.41, 5.74) is -0.322. The first-order valence-electron chi connectivity index (χ1n) is 4.68. The van der Waals surface area contributed by atoms with Crippen LogP contribution in [0.5, 0.6) is 11.5 Å². The Bertz CT molecular complexity index is 635. The zero-order valence-corrected chi connectivity index (χ0v) is 8.39. The van der Waals surface area contributed by atoms with E-state index in [0.29, 0.717) is 0 Å². The van der Waals surface area contributed by atoms with Crippen LogP contribution < -0.4 is 15.2 Å². The van der Waals surface area contributed by atoms with E-state index in [-0.39, 0.29) is 11.0 Å². The number of imidazole rings is 1. The van der Waals surface area contributed by atoms with E-state index in [9.17, 15) is 22.4 Å². The zero-order chi connectivity index (χ0) is 13.1. The Kier molecular flexibility index (Phi) is 1.81. The van der Waals surface area contributed by atoms with Gasteiger partial charge in [0.15, 0.2) is 11.5 Å². The fourth-order valence-corrected chi connectivity index (χ4v) is 1.60. The minimum absolute atomic E-state index is 0.142. The van der Waals surface area contributed by atoms with E-state index in [1.165, 1.54) is 0 Å². The first kappa shape index (κ1) is 10.9. The van der Waals surface area contributed by atoms with Crippen molar-refractivity contribution < 1.29 is 27.0 Å². The number of fused-ring (bicyclic) bond motifs is 2. The molecule has 18 heavy (non-hydrogen) atoms. The second-order valence-corrected chi connectivity index (χ2v) is 3.66. The van der Waals surface area contributed by atoms with Gasteiger partial charge in [0.25, 0.3) is 0 Å². The number of H-pyrrole nitrogens is 2. The third-order valence-corrected chi connectivity index (χ3v) is 2.40. The lowest BCUT2D eigenvalue weighted by Crippen LogP contribution is -2.52. The lowest BCUT2D eigenvalue weighted by Gasteiger charge is -2.31. The van der Waals surface area contributed by atoms with Gasteiger partial charge in [0, 0.05) is 12.1 Å². The minimum Gasteiger partial charge on any atom is -0.421 e. The largest absolute Gasteiger partial charge is 0.507 e. The average molecular weight is 264 g/mol. The Morgan fingerprint density at radius 2 is 1.28 bits per heavy atom. The van der Waals surface area contributed by atoms with E-state index in [4.69, 9.17) is 0 Å². The average Bonchev–Trinajstić information content (AvgIpc) is 2.55. The molecule has 0 spiro atoms. The standard InChI is InChI=1S/C9H4F4N2O3/c10-8(11)9(12,13)18-6-2-4-3(1-5(6)17-8)14-7(16)15-4/h1-2H,(H2,14,15,16). The number of aromatic nitrogens is 2. The molecule has 0 bridgehead atoms. The second kappa shape index (κ2) is 2.98. The number of benzene rings is 1. The summed E-state index contributed by atoms with van der Waals surface area (Å²) >= 11 is 0. The number of halogens is 4. The van der Waals surface area contributed by atoms with Crippen LogP contribution in [-0.4, -0.2) is 22.2 Å². The number of alkyl halides is 4. The molecule has 96 valence electrons. The third-order valence-electron chi connectivity index (χ3n) is 2.40. The minimum atomic E-state index is -4.77. The summed E-state index contributed by atoms with van der Waals surface area (Å²) in [7, 11) is 0. The lowest BCUT2D eigenvalue weighted by atomic mass is 10.2. The molecule has 5 nitrogen and oxygen atoms in total. The van der Waals surface area contributed by atoms with Crippen LogP contribution in [0.4, 0.5) is 17.6 Å². The highest BCUT2D eigenvalue weighted by Crippen LogP contribution is 2.47. The van der Waals surface area contributed by atoms with Crippen molar-refractivity contribution in [3.05, 3.63) is 22.6 Å². The highest BCUT2D eigenvalue weighted by atomic mass is 19.3. The van der Waals surface area contributed by atoms with Crippen LogP contribution in [0.2, 0.25) is 0 Å². The predicted octanol–water partition coefficient (Wildman–Crippen LogP) is 1.81. The summed E-state index contributed by atoms with van der Waals surface area (Å²) in [5.74, 6) is -1.15. The van der Waals surface area contributed by atoms with Crippen molar-refractivity contribution in [2.24, 2.45) is 0 Å². The second-order valence-electron chi connectivity index (χ2n) is 3.66. The molecule has 0 unspecified atom stereocenters. The first-order chi connectivity index (χ1) is 8.28. The van der Waals surface area contributed by atoms with Gasteiger partial charge < -0.3 is 19.4 Å². The molecule has 2 N–H and O–H groups in total. The number of ether oxygens (including phenoxy) is 2. The topological polar surface area (TPSA) is 67.1 Å². The van der Waals surface area contributed by atoms with Gasteiger partial charge in [0.1, 0.15) is 0 Å². The van der Waals surface area contributed by atoms with Crippen LogP contribution in [0, 0.1) is 0 Å². The van der Waals surface area contributed by atoms with Gasteiger partial charge in [-0.15, -0.1) is 0 Å². The van der Waals surface area contributed by atoms with E-state index >= 15 is 0 Å². The van der Waals surface area contributed by atoms with Crippen LogP contribution in [0.3, 0.4) is 0 Å². The molecule has 0 fully saturated rings. The fraction of sp³-hybridized carbons (Fsp3) is 0.222. The Balaban J connectivity index is 2.21. The van der Waals surface area contributed by atoms with Gasteiger partial charge in [0.05, 0.1) is 11.0 Å². The van der Waals surface area contributed by atoms with Crippen molar-refractivity contribution in [1.29, 1.82) is 0 Å². The van der Waals surface area contributed by atoms with Crippen molar-refractivity contribution in [2.75, 3.05) is 0 Å². The number of hydrogen-bond donors (Lipinski definition) is 2. The van der Waals surface area contributed by atoms with Gasteiger partial charge in [-0.05, 0) is 0 Å². The number of rotatable bonds is 0. The van der Waals surface area contributed by atoms with Crippen LogP contribution in [-0.2, 0) is 0 Å². The Morgan fingerprint density at radius 3 is 1.67 bits per heavy atom. The van der Waals surface area contributed by atoms with Crippen molar-refractivity contribution in [3.63, 3.8) is 0 Å². The van der Waals surface area contributed by atoms with Crippen molar-refractivity contribution in [2.45, 2.75) is 12.2 Å². The monoisotopic (exact) mass is 264 g/mol. The van der Waals surface area contributed by atoms with Gasteiger partial charge in [0.2, 0.25) is 0 Å². The van der Waals surface area contributed by atoms with E-state index < -0.39 is 29.4 Å². The summed E-state index contributed by atoms with van der Waals surface area (Å²) in [6.45, 7) is 0. The van der Waals surface area contributed by atoms with Crippen LogP contribution in [0.15, 0.2) is 16.9 Å². The fourth-order valence-electron chi connectivity index (χ4n) is 1.60. The Morgan fingerprint density at radius 1 is 0.889 bits per heavy atom. The highest BCUT2D eigenvalue weighted by Gasteiger charge is 2.66. The highest BCUT2D eigenvalue weighted by molar-refractivity contribution is 5.79. The number of aromatic amines is 2. The molecule has 0 atom stereocenters. The molecule has 0 saturated carbocycles.